The summed E-state index contributed by atoms with van der Waals surface area (Å²) in [5.74, 6) is -1.91. The van der Waals surface area contributed by atoms with Gasteiger partial charge in [-0.05, 0) is 38.0 Å². The zero-order chi connectivity index (χ0) is 15.6. The van der Waals surface area contributed by atoms with Gasteiger partial charge in [0.25, 0.3) is 5.91 Å². The highest BCUT2D eigenvalue weighted by Gasteiger charge is 2.45. The van der Waals surface area contributed by atoms with Crippen molar-refractivity contribution >= 4 is 11.9 Å². The molecule has 1 fully saturated rings. The van der Waals surface area contributed by atoms with Gasteiger partial charge in [0.15, 0.2) is 11.6 Å². The third-order valence-electron chi connectivity index (χ3n) is 4.17. The zero-order valence-corrected chi connectivity index (χ0v) is 12.0. The molecular formula is C15H18FNO4. The number of nitrogens with one attached hydrogen (secondary N) is 1. The Balaban J connectivity index is 2.16. The number of carboxylic acids is 1. The fourth-order valence-corrected chi connectivity index (χ4v) is 2.70. The van der Waals surface area contributed by atoms with Crippen molar-refractivity contribution in [1.29, 1.82) is 0 Å². The van der Waals surface area contributed by atoms with E-state index < -0.39 is 29.2 Å². The van der Waals surface area contributed by atoms with E-state index >= 15 is 0 Å². The Bertz CT molecular complexity index is 575. The molecule has 2 N–H and O–H groups in total. The van der Waals surface area contributed by atoms with Crippen molar-refractivity contribution in [2.75, 3.05) is 7.11 Å². The number of hydrogen-bond acceptors (Lipinski definition) is 3. The van der Waals surface area contributed by atoms with Crippen molar-refractivity contribution in [2.24, 2.45) is 5.41 Å². The van der Waals surface area contributed by atoms with E-state index in [0.717, 1.165) is 12.5 Å². The number of hydrogen-bond donors (Lipinski definition) is 2. The van der Waals surface area contributed by atoms with Crippen molar-refractivity contribution in [1.82, 2.24) is 5.32 Å². The largest absolute Gasteiger partial charge is 0.494 e. The first-order valence-corrected chi connectivity index (χ1v) is 6.76. The van der Waals surface area contributed by atoms with Crippen LogP contribution in [0.3, 0.4) is 0 Å². The normalized spacial score (nSPS) is 24.6. The lowest BCUT2D eigenvalue weighted by Crippen LogP contribution is -2.47. The van der Waals surface area contributed by atoms with E-state index in [2.05, 4.69) is 5.32 Å². The van der Waals surface area contributed by atoms with Gasteiger partial charge in [0.1, 0.15) is 0 Å². The number of aliphatic carboxylic acids is 1. The molecule has 1 aromatic carbocycles. The fraction of sp³-hybridized carbons (Fsp3) is 0.467. The van der Waals surface area contributed by atoms with Crippen molar-refractivity contribution in [2.45, 2.75) is 32.2 Å². The number of benzene rings is 1. The van der Waals surface area contributed by atoms with Gasteiger partial charge >= 0.3 is 5.97 Å². The van der Waals surface area contributed by atoms with Gasteiger partial charge in [0, 0.05) is 11.6 Å². The Labute approximate surface area is 122 Å². The van der Waals surface area contributed by atoms with Crippen molar-refractivity contribution in [3.05, 3.63) is 29.6 Å². The highest BCUT2D eigenvalue weighted by Crippen LogP contribution is 2.38. The molecule has 2 unspecified atom stereocenters. The minimum Gasteiger partial charge on any atom is -0.494 e. The average Bonchev–Trinajstić information content (AvgIpc) is 2.82. The monoisotopic (exact) mass is 295 g/mol. The van der Waals surface area contributed by atoms with Gasteiger partial charge in [0.2, 0.25) is 0 Å². The lowest BCUT2D eigenvalue weighted by molar-refractivity contribution is -0.148. The molecule has 1 amide bonds. The molecule has 5 nitrogen and oxygen atoms in total. The first-order valence-electron chi connectivity index (χ1n) is 6.76. The summed E-state index contributed by atoms with van der Waals surface area (Å²) in [5.41, 5.74) is -0.715. The van der Waals surface area contributed by atoms with Gasteiger partial charge in [-0.3, -0.25) is 9.59 Å². The first kappa shape index (κ1) is 15.3. The second kappa shape index (κ2) is 5.71. The van der Waals surface area contributed by atoms with Gasteiger partial charge in [-0.2, -0.15) is 0 Å². The van der Waals surface area contributed by atoms with Crippen LogP contribution in [0, 0.1) is 11.2 Å². The predicted octanol–water partition coefficient (Wildman–Crippen LogP) is 2.21. The third-order valence-corrected chi connectivity index (χ3v) is 4.17. The summed E-state index contributed by atoms with van der Waals surface area (Å²) in [6.45, 7) is 1.64. The smallest absolute Gasteiger partial charge is 0.311 e. The van der Waals surface area contributed by atoms with E-state index in [9.17, 15) is 19.1 Å². The Morgan fingerprint density at radius 1 is 1.48 bits per heavy atom. The molecule has 114 valence electrons. The number of amides is 1. The molecule has 1 aliphatic rings. The SMILES string of the molecule is COc1cc(C(=O)NC2CCCC2(C)C(=O)O)ccc1F. The molecule has 0 saturated heterocycles. The van der Waals surface area contributed by atoms with Crippen molar-refractivity contribution < 1.29 is 23.8 Å². The van der Waals surface area contributed by atoms with E-state index in [1.54, 1.807) is 6.92 Å². The molecule has 0 spiro atoms. The second-order valence-electron chi connectivity index (χ2n) is 5.49. The number of methoxy groups -OCH3 is 1. The van der Waals surface area contributed by atoms with Crippen LogP contribution in [0.5, 0.6) is 5.75 Å². The van der Waals surface area contributed by atoms with Crippen LogP contribution in [0.2, 0.25) is 0 Å². The maximum Gasteiger partial charge on any atom is 0.311 e. The van der Waals surface area contributed by atoms with Crippen molar-refractivity contribution in [3.8, 4) is 5.75 Å². The van der Waals surface area contributed by atoms with Gasteiger partial charge in [-0.15, -0.1) is 0 Å². The van der Waals surface area contributed by atoms with Crippen LogP contribution >= 0.6 is 0 Å². The summed E-state index contributed by atoms with van der Waals surface area (Å²) < 4.78 is 18.2. The van der Waals surface area contributed by atoms with E-state index in [1.807, 2.05) is 0 Å². The number of carbonyl (C=O) groups excluding carboxylic acids is 1. The predicted molar refractivity (Wildman–Crippen MR) is 73.8 cm³/mol. The Morgan fingerprint density at radius 3 is 2.81 bits per heavy atom. The highest BCUT2D eigenvalue weighted by molar-refractivity contribution is 5.95. The van der Waals surface area contributed by atoms with Gasteiger partial charge < -0.3 is 15.2 Å². The molecule has 0 aliphatic heterocycles. The number of ether oxygens (including phenoxy) is 1. The summed E-state index contributed by atoms with van der Waals surface area (Å²) in [5, 5.41) is 12.1. The first-order chi connectivity index (χ1) is 9.88. The Hall–Kier alpha value is -2.11. The number of carboxylic acid groups (broad SMARTS) is 1. The molecule has 2 rings (SSSR count). The van der Waals surface area contributed by atoms with E-state index in [1.165, 1.54) is 19.2 Å². The summed E-state index contributed by atoms with van der Waals surface area (Å²) in [6, 6.07) is 3.37. The van der Waals surface area contributed by atoms with Crippen LogP contribution < -0.4 is 10.1 Å². The van der Waals surface area contributed by atoms with E-state index in [0.29, 0.717) is 12.8 Å². The van der Waals surface area contributed by atoms with Crippen LogP contribution in [-0.4, -0.2) is 30.1 Å². The molecule has 6 heteroatoms. The van der Waals surface area contributed by atoms with Gasteiger partial charge in [-0.25, -0.2) is 4.39 Å². The summed E-state index contributed by atoms with van der Waals surface area (Å²) in [7, 11) is 1.32. The van der Waals surface area contributed by atoms with Crippen molar-refractivity contribution in [3.63, 3.8) is 0 Å². The highest BCUT2D eigenvalue weighted by atomic mass is 19.1. The molecule has 1 aromatic rings. The number of rotatable bonds is 4. The number of carbonyl (C=O) groups is 2. The molecular weight excluding hydrogens is 277 g/mol. The quantitative estimate of drug-likeness (QED) is 0.893. The van der Waals surface area contributed by atoms with Crippen LogP contribution in [0.1, 0.15) is 36.5 Å². The van der Waals surface area contributed by atoms with Crippen LogP contribution in [0.15, 0.2) is 18.2 Å². The van der Waals surface area contributed by atoms with Crippen LogP contribution in [-0.2, 0) is 4.79 Å². The molecule has 0 aromatic heterocycles. The van der Waals surface area contributed by atoms with E-state index in [4.69, 9.17) is 4.74 Å². The van der Waals surface area contributed by atoms with Gasteiger partial charge in [-0.1, -0.05) is 6.42 Å². The zero-order valence-electron chi connectivity index (χ0n) is 12.0. The van der Waals surface area contributed by atoms with Gasteiger partial charge in [0.05, 0.1) is 12.5 Å². The minimum atomic E-state index is -0.959. The molecule has 0 radical (unpaired) electrons. The van der Waals surface area contributed by atoms with E-state index in [-0.39, 0.29) is 11.3 Å². The maximum absolute atomic E-state index is 13.3. The Kier molecular flexibility index (Phi) is 4.16. The molecule has 0 heterocycles. The van der Waals surface area contributed by atoms with Crippen LogP contribution in [0.25, 0.3) is 0 Å². The molecule has 21 heavy (non-hydrogen) atoms. The summed E-state index contributed by atoms with van der Waals surface area (Å²) in [6.07, 6.45) is 1.90. The minimum absolute atomic E-state index is 0.0185. The summed E-state index contributed by atoms with van der Waals surface area (Å²) >= 11 is 0. The molecule has 2 atom stereocenters. The molecule has 1 saturated carbocycles. The average molecular weight is 295 g/mol. The standard InChI is InChI=1S/C15H18FNO4/c1-15(14(19)20)7-3-4-12(15)17-13(18)9-5-6-10(16)11(8-9)21-2/h5-6,8,12H,3-4,7H2,1-2H3,(H,17,18)(H,19,20). The summed E-state index contributed by atoms with van der Waals surface area (Å²) in [4.78, 5) is 23.6. The fourth-order valence-electron chi connectivity index (χ4n) is 2.70. The lowest BCUT2D eigenvalue weighted by Gasteiger charge is -2.27. The second-order valence-corrected chi connectivity index (χ2v) is 5.49. The topological polar surface area (TPSA) is 75.6 Å². The molecule has 0 bridgehead atoms. The number of halogens is 1. The molecule has 1 aliphatic carbocycles. The van der Waals surface area contributed by atoms with Crippen LogP contribution in [0.4, 0.5) is 4.39 Å². The maximum atomic E-state index is 13.3. The third kappa shape index (κ3) is 2.84. The Morgan fingerprint density at radius 2 is 2.19 bits per heavy atom. The lowest BCUT2D eigenvalue weighted by atomic mass is 9.85.